The Bertz CT molecular complexity index is 288. The highest BCUT2D eigenvalue weighted by Crippen LogP contribution is 2.31. The van der Waals surface area contributed by atoms with Gasteiger partial charge >= 0.3 is 5.97 Å². The van der Waals surface area contributed by atoms with Crippen LogP contribution >= 0.6 is 46.6 Å². The quantitative estimate of drug-likeness (QED) is 0.425. The van der Waals surface area contributed by atoms with E-state index in [9.17, 15) is 4.79 Å². The first-order valence-electron chi connectivity index (χ1n) is 5.74. The largest absolute Gasteiger partial charge is 0.469 e. The third kappa shape index (κ3) is 28.9. The Morgan fingerprint density at radius 3 is 1.90 bits per heavy atom. The number of hydrogen-bond acceptors (Lipinski definition) is 5. The fraction of sp³-hybridized carbons (Fsp3) is 0.769. The highest BCUT2D eigenvalue weighted by atomic mass is 35.6. The Hall–Kier alpha value is 0.170. The first-order chi connectivity index (χ1) is 9.67. The minimum absolute atomic E-state index is 0.245. The monoisotopic (exact) mass is 380 g/mol. The molecule has 0 bridgehead atoms. The molecule has 1 unspecified atom stereocenters. The minimum atomic E-state index is -1.30. The van der Waals surface area contributed by atoms with Crippen LogP contribution in [-0.2, 0) is 19.0 Å². The molecule has 0 amide bonds. The second-order valence-electron chi connectivity index (χ2n) is 3.33. The van der Waals surface area contributed by atoms with Crippen molar-refractivity contribution < 1.29 is 19.0 Å². The number of hydrogen-bond donors (Lipinski definition) is 0. The maximum Gasteiger partial charge on any atom is 0.302 e. The zero-order chi connectivity index (χ0) is 17.3. The molecular weight excluding hydrogens is 359 g/mol. The van der Waals surface area contributed by atoms with Crippen LogP contribution in [0.15, 0.2) is 0 Å². The second kappa shape index (κ2) is 18.2. The molecule has 0 rings (SSSR count). The van der Waals surface area contributed by atoms with Crippen LogP contribution in [0.5, 0.6) is 0 Å². The Morgan fingerprint density at radius 1 is 1.24 bits per heavy atom. The molecule has 4 nitrogen and oxygen atoms in total. The predicted octanol–water partition coefficient (Wildman–Crippen LogP) is 3.57. The maximum atomic E-state index is 9.59. The Balaban J connectivity index is -0.000000239. The van der Waals surface area contributed by atoms with Gasteiger partial charge in [-0.1, -0.05) is 46.6 Å². The summed E-state index contributed by atoms with van der Waals surface area (Å²) in [6.45, 7) is 3.60. The number of ether oxygens (including phenoxy) is 3. The molecule has 0 N–H and O–H groups in total. The van der Waals surface area contributed by atoms with Crippen molar-refractivity contribution in [3.05, 3.63) is 0 Å². The molecule has 0 aromatic rings. The summed E-state index contributed by atoms with van der Waals surface area (Å²) in [7, 11) is 4.49. The summed E-state index contributed by atoms with van der Waals surface area (Å²) in [5.41, 5.74) is 0. The third-order valence-corrected chi connectivity index (χ3v) is 3.01. The highest BCUT2D eigenvalue weighted by Gasteiger charge is 2.27. The Morgan fingerprint density at radius 2 is 1.71 bits per heavy atom. The normalized spacial score (nSPS) is 10.7. The van der Waals surface area contributed by atoms with Gasteiger partial charge in [0.2, 0.25) is 3.79 Å². The molecule has 0 aliphatic carbocycles. The molecule has 0 aliphatic rings. The average Bonchev–Trinajstić information content (AvgIpc) is 2.43. The second-order valence-corrected chi connectivity index (χ2v) is 6.57. The number of thioether (sulfide) groups is 1. The summed E-state index contributed by atoms with van der Waals surface area (Å²) < 4.78 is 12.2. The van der Waals surface area contributed by atoms with Gasteiger partial charge in [-0.15, -0.1) is 0 Å². The molecule has 0 aliphatic heterocycles. The van der Waals surface area contributed by atoms with Crippen LogP contribution in [0.3, 0.4) is 0 Å². The zero-order valence-corrected chi connectivity index (χ0v) is 16.3. The van der Waals surface area contributed by atoms with E-state index in [1.165, 1.54) is 21.1 Å². The van der Waals surface area contributed by atoms with Crippen molar-refractivity contribution in [3.8, 4) is 11.8 Å². The van der Waals surface area contributed by atoms with Gasteiger partial charge in [0.15, 0.2) is 0 Å². The summed E-state index contributed by atoms with van der Waals surface area (Å²) in [6.07, 6.45) is 1.68. The van der Waals surface area contributed by atoms with Crippen LogP contribution in [0, 0.1) is 11.8 Å². The number of carbonyl (C=O) groups excluding carboxylic acids is 1. The van der Waals surface area contributed by atoms with Crippen LogP contribution < -0.4 is 0 Å². The summed E-state index contributed by atoms with van der Waals surface area (Å²) in [4.78, 5) is 9.59. The van der Waals surface area contributed by atoms with Crippen molar-refractivity contribution in [1.29, 1.82) is 0 Å². The van der Waals surface area contributed by atoms with E-state index < -0.39 is 3.79 Å². The van der Waals surface area contributed by atoms with E-state index in [1.807, 2.05) is 6.26 Å². The van der Waals surface area contributed by atoms with Crippen molar-refractivity contribution in [2.75, 3.05) is 39.9 Å². The molecule has 0 saturated carbocycles. The van der Waals surface area contributed by atoms with E-state index >= 15 is 0 Å². The average molecular weight is 382 g/mol. The van der Waals surface area contributed by atoms with Gasteiger partial charge in [0.1, 0.15) is 12.7 Å². The summed E-state index contributed by atoms with van der Waals surface area (Å²) in [5, 5.41) is 0. The Kier molecular flexibility index (Phi) is 22.6. The first-order valence-corrected chi connectivity index (χ1v) is 8.27. The van der Waals surface area contributed by atoms with Crippen molar-refractivity contribution in [1.82, 2.24) is 0 Å². The van der Waals surface area contributed by atoms with Gasteiger partial charge in [0.25, 0.3) is 0 Å². The van der Waals surface area contributed by atoms with Crippen LogP contribution in [-0.4, -0.2) is 55.8 Å². The molecule has 0 radical (unpaired) electrons. The highest BCUT2D eigenvalue weighted by molar-refractivity contribution is 7.98. The SMILES string of the molecule is COC(C)=O.COC(C)C(Cl)(Cl)Cl.COCC#CCSC. The fourth-order valence-electron chi connectivity index (χ4n) is 0.380. The molecule has 126 valence electrons. The molecule has 21 heavy (non-hydrogen) atoms. The zero-order valence-electron chi connectivity index (χ0n) is 13.2. The van der Waals surface area contributed by atoms with Gasteiger partial charge in [-0.3, -0.25) is 4.79 Å². The first kappa shape index (κ1) is 26.1. The molecule has 8 heteroatoms. The smallest absolute Gasteiger partial charge is 0.302 e. The molecule has 0 fully saturated rings. The summed E-state index contributed by atoms with van der Waals surface area (Å²) in [6, 6.07) is 0. The van der Waals surface area contributed by atoms with Crippen LogP contribution in [0.2, 0.25) is 0 Å². The van der Waals surface area contributed by atoms with Crippen molar-refractivity contribution in [3.63, 3.8) is 0 Å². The number of carbonyl (C=O) groups is 1. The van der Waals surface area contributed by atoms with Gasteiger partial charge in [-0.2, -0.15) is 11.8 Å². The van der Waals surface area contributed by atoms with Gasteiger partial charge in [0.05, 0.1) is 12.9 Å². The minimum Gasteiger partial charge on any atom is -0.469 e. The maximum absolute atomic E-state index is 9.59. The summed E-state index contributed by atoms with van der Waals surface area (Å²) in [5.74, 6) is 6.43. The Labute approximate surface area is 147 Å². The topological polar surface area (TPSA) is 44.8 Å². The molecule has 0 aromatic carbocycles. The van der Waals surface area contributed by atoms with Crippen molar-refractivity contribution in [2.45, 2.75) is 23.7 Å². The standard InChI is InChI=1S/C6H10OS.C4H7Cl3O.C3H6O2/c1-7-5-3-4-6-8-2;1-3(8-2)4(5,6)7;1-3(4)5-2/h5-6H2,1-2H3;3H,1-2H3;1-2H3. The van der Waals surface area contributed by atoms with E-state index in [2.05, 4.69) is 16.6 Å². The third-order valence-electron chi connectivity index (χ3n) is 1.66. The predicted molar refractivity (Wildman–Crippen MR) is 92.5 cm³/mol. The summed E-state index contributed by atoms with van der Waals surface area (Å²) >= 11 is 17.9. The van der Waals surface area contributed by atoms with Gasteiger partial charge in [-0.25, -0.2) is 0 Å². The lowest BCUT2D eigenvalue weighted by atomic mass is 10.5. The van der Waals surface area contributed by atoms with E-state index in [0.29, 0.717) is 6.61 Å². The van der Waals surface area contributed by atoms with E-state index in [-0.39, 0.29) is 12.1 Å². The van der Waals surface area contributed by atoms with Crippen molar-refractivity contribution in [2.24, 2.45) is 0 Å². The number of alkyl halides is 3. The van der Waals surface area contributed by atoms with Gasteiger partial charge < -0.3 is 14.2 Å². The van der Waals surface area contributed by atoms with E-state index in [0.717, 1.165) is 5.75 Å². The molecule has 0 spiro atoms. The van der Waals surface area contributed by atoms with Gasteiger partial charge in [-0.05, 0) is 13.2 Å². The number of methoxy groups -OCH3 is 3. The van der Waals surface area contributed by atoms with Gasteiger partial charge in [0, 0.05) is 21.1 Å². The van der Waals surface area contributed by atoms with Crippen molar-refractivity contribution >= 4 is 52.5 Å². The van der Waals surface area contributed by atoms with E-state index in [1.54, 1.807) is 25.8 Å². The lowest BCUT2D eigenvalue weighted by Crippen LogP contribution is -2.23. The van der Waals surface area contributed by atoms with Crippen LogP contribution in [0.25, 0.3) is 0 Å². The molecule has 0 aromatic heterocycles. The molecule has 0 heterocycles. The van der Waals surface area contributed by atoms with Crippen LogP contribution in [0.1, 0.15) is 13.8 Å². The number of esters is 1. The molecular formula is C13H23Cl3O4S. The van der Waals surface area contributed by atoms with E-state index in [4.69, 9.17) is 44.3 Å². The number of halogens is 3. The molecule has 1 atom stereocenters. The number of rotatable bonds is 3. The van der Waals surface area contributed by atoms with Crippen LogP contribution in [0.4, 0.5) is 0 Å². The lowest BCUT2D eigenvalue weighted by Gasteiger charge is -2.17. The fourth-order valence-corrected chi connectivity index (χ4v) is 0.894. The lowest BCUT2D eigenvalue weighted by molar-refractivity contribution is -0.137. The molecule has 0 saturated heterocycles.